The maximum absolute atomic E-state index is 6.13. The van der Waals surface area contributed by atoms with Gasteiger partial charge in [0, 0.05) is 27.6 Å². The Balaban J connectivity index is 2.47. The fraction of sp³-hybridized carbons (Fsp3) is 0.333. The summed E-state index contributed by atoms with van der Waals surface area (Å²) in [6.45, 7) is 2.16. The van der Waals surface area contributed by atoms with Crippen LogP contribution < -0.4 is 5.73 Å². The molecule has 0 fully saturated rings. The van der Waals surface area contributed by atoms with Crippen LogP contribution in [0.1, 0.15) is 31.4 Å². The topological polar surface area (TPSA) is 41.8 Å². The predicted octanol–water partition coefficient (Wildman–Crippen LogP) is 3.73. The number of benzene rings is 1. The normalized spacial score (nSPS) is 13.3. The van der Waals surface area contributed by atoms with Crippen LogP contribution in [0.25, 0.3) is 10.9 Å². The van der Waals surface area contributed by atoms with Crippen molar-refractivity contribution < 1.29 is 0 Å². The van der Waals surface area contributed by atoms with Crippen molar-refractivity contribution in [1.82, 2.24) is 4.98 Å². The third kappa shape index (κ3) is 2.08. The van der Waals surface area contributed by atoms with Crippen LogP contribution in [0.5, 0.6) is 0 Å². The van der Waals surface area contributed by atoms with Crippen LogP contribution in [0.15, 0.2) is 28.9 Å². The van der Waals surface area contributed by atoms with E-state index in [9.17, 15) is 0 Å². The summed E-state index contributed by atoms with van der Waals surface area (Å²) in [5.41, 5.74) is 8.50. The molecule has 2 rings (SSSR count). The minimum Gasteiger partial charge on any atom is -0.361 e. The van der Waals surface area contributed by atoms with Crippen molar-refractivity contribution in [1.29, 1.82) is 0 Å². The second-order valence-corrected chi connectivity index (χ2v) is 4.74. The zero-order valence-corrected chi connectivity index (χ0v) is 10.3. The standard InChI is InChI=1S/C12H15BrN2/c1-2-3-11(14)10-7-15-12-5-4-8(13)6-9(10)12/h4-7,11,15H,2-3,14H2,1H3/t11-/m0/s1. The van der Waals surface area contributed by atoms with Crippen molar-refractivity contribution in [3.05, 3.63) is 34.4 Å². The Labute approximate surface area is 98.0 Å². The molecule has 3 heteroatoms. The number of hydrogen-bond donors (Lipinski definition) is 2. The van der Waals surface area contributed by atoms with Crippen molar-refractivity contribution in [2.45, 2.75) is 25.8 Å². The van der Waals surface area contributed by atoms with E-state index in [4.69, 9.17) is 5.73 Å². The van der Waals surface area contributed by atoms with Crippen LogP contribution in [-0.2, 0) is 0 Å². The Morgan fingerprint density at radius 3 is 3.00 bits per heavy atom. The van der Waals surface area contributed by atoms with E-state index in [2.05, 4.69) is 40.0 Å². The predicted molar refractivity (Wildman–Crippen MR) is 67.8 cm³/mol. The molecule has 1 aromatic carbocycles. The molecule has 80 valence electrons. The lowest BCUT2D eigenvalue weighted by Gasteiger charge is -2.08. The number of nitrogens with one attached hydrogen (secondary N) is 1. The van der Waals surface area contributed by atoms with Crippen LogP contribution in [0, 0.1) is 0 Å². The zero-order chi connectivity index (χ0) is 10.8. The highest BCUT2D eigenvalue weighted by atomic mass is 79.9. The molecule has 0 aliphatic carbocycles. The Hall–Kier alpha value is -0.800. The summed E-state index contributed by atoms with van der Waals surface area (Å²) in [5, 5.41) is 1.23. The van der Waals surface area contributed by atoms with E-state index in [1.807, 2.05) is 12.3 Å². The summed E-state index contributed by atoms with van der Waals surface area (Å²) in [4.78, 5) is 3.25. The van der Waals surface area contributed by atoms with Crippen LogP contribution in [-0.4, -0.2) is 4.98 Å². The van der Waals surface area contributed by atoms with E-state index in [1.54, 1.807) is 0 Å². The fourth-order valence-corrected chi connectivity index (χ4v) is 2.25. The molecule has 0 unspecified atom stereocenters. The SMILES string of the molecule is CCC[C@H](N)c1c[nH]c2ccc(Br)cc12. The summed E-state index contributed by atoms with van der Waals surface area (Å²) >= 11 is 3.48. The van der Waals surface area contributed by atoms with Gasteiger partial charge >= 0.3 is 0 Å². The van der Waals surface area contributed by atoms with Crippen LogP contribution >= 0.6 is 15.9 Å². The number of aromatic amines is 1. The summed E-state index contributed by atoms with van der Waals surface area (Å²) in [6, 6.07) is 6.37. The lowest BCUT2D eigenvalue weighted by molar-refractivity contribution is 0.642. The Morgan fingerprint density at radius 2 is 2.27 bits per heavy atom. The number of hydrogen-bond acceptors (Lipinski definition) is 1. The van der Waals surface area contributed by atoms with Gasteiger partial charge in [0.05, 0.1) is 0 Å². The third-order valence-corrected chi connectivity index (χ3v) is 3.17. The Kier molecular flexibility index (Phi) is 3.12. The molecule has 1 atom stereocenters. The summed E-state index contributed by atoms with van der Waals surface area (Å²) in [6.07, 6.45) is 4.17. The molecule has 0 radical (unpaired) electrons. The number of fused-ring (bicyclic) bond motifs is 1. The highest BCUT2D eigenvalue weighted by Gasteiger charge is 2.10. The van der Waals surface area contributed by atoms with Crippen molar-refractivity contribution in [3.63, 3.8) is 0 Å². The summed E-state index contributed by atoms with van der Waals surface area (Å²) in [7, 11) is 0. The quantitative estimate of drug-likeness (QED) is 0.874. The molecule has 1 heterocycles. The first-order valence-corrected chi connectivity index (χ1v) is 6.03. The largest absolute Gasteiger partial charge is 0.361 e. The van der Waals surface area contributed by atoms with Crippen molar-refractivity contribution in [2.24, 2.45) is 5.73 Å². The molecule has 3 N–H and O–H groups in total. The monoisotopic (exact) mass is 266 g/mol. The molecule has 0 bridgehead atoms. The van der Waals surface area contributed by atoms with Gasteiger partial charge in [-0.25, -0.2) is 0 Å². The van der Waals surface area contributed by atoms with Gasteiger partial charge in [-0.1, -0.05) is 29.3 Å². The third-order valence-electron chi connectivity index (χ3n) is 2.67. The average Bonchev–Trinajstić information content (AvgIpc) is 2.60. The fourth-order valence-electron chi connectivity index (χ4n) is 1.89. The van der Waals surface area contributed by atoms with Crippen LogP contribution in [0.4, 0.5) is 0 Å². The molecular formula is C12H15BrN2. The molecule has 2 nitrogen and oxygen atoms in total. The molecule has 15 heavy (non-hydrogen) atoms. The maximum Gasteiger partial charge on any atom is 0.0458 e. The van der Waals surface area contributed by atoms with Gasteiger partial charge in [0.25, 0.3) is 0 Å². The van der Waals surface area contributed by atoms with Gasteiger partial charge in [-0.05, 0) is 30.2 Å². The van der Waals surface area contributed by atoms with Crippen LogP contribution in [0.3, 0.4) is 0 Å². The number of halogens is 1. The van der Waals surface area contributed by atoms with E-state index in [0.717, 1.165) is 22.8 Å². The minimum absolute atomic E-state index is 0.137. The number of rotatable bonds is 3. The lowest BCUT2D eigenvalue weighted by atomic mass is 10.0. The van der Waals surface area contributed by atoms with Gasteiger partial charge in [-0.2, -0.15) is 0 Å². The highest BCUT2D eigenvalue weighted by Crippen LogP contribution is 2.27. The number of H-pyrrole nitrogens is 1. The minimum atomic E-state index is 0.137. The van der Waals surface area contributed by atoms with E-state index >= 15 is 0 Å². The second kappa shape index (κ2) is 4.37. The maximum atomic E-state index is 6.13. The molecule has 1 aromatic heterocycles. The second-order valence-electron chi connectivity index (χ2n) is 3.83. The van der Waals surface area contributed by atoms with E-state index < -0.39 is 0 Å². The molecule has 0 aliphatic heterocycles. The molecular weight excluding hydrogens is 252 g/mol. The summed E-state index contributed by atoms with van der Waals surface area (Å²) in [5.74, 6) is 0. The van der Waals surface area contributed by atoms with Crippen molar-refractivity contribution in [3.8, 4) is 0 Å². The van der Waals surface area contributed by atoms with Crippen molar-refractivity contribution >= 4 is 26.8 Å². The van der Waals surface area contributed by atoms with Gasteiger partial charge < -0.3 is 10.7 Å². The molecule has 2 aromatic rings. The molecule has 0 amide bonds. The zero-order valence-electron chi connectivity index (χ0n) is 8.76. The van der Waals surface area contributed by atoms with Gasteiger partial charge in [0.1, 0.15) is 0 Å². The van der Waals surface area contributed by atoms with E-state index in [-0.39, 0.29) is 6.04 Å². The lowest BCUT2D eigenvalue weighted by Crippen LogP contribution is -2.08. The number of aromatic nitrogens is 1. The first-order chi connectivity index (χ1) is 7.22. The first-order valence-electron chi connectivity index (χ1n) is 5.24. The Morgan fingerprint density at radius 1 is 1.47 bits per heavy atom. The smallest absolute Gasteiger partial charge is 0.0458 e. The molecule has 0 saturated heterocycles. The highest BCUT2D eigenvalue weighted by molar-refractivity contribution is 9.10. The molecule has 0 saturated carbocycles. The van der Waals surface area contributed by atoms with Gasteiger partial charge in [-0.3, -0.25) is 0 Å². The molecule has 0 spiro atoms. The average molecular weight is 267 g/mol. The van der Waals surface area contributed by atoms with Crippen LogP contribution in [0.2, 0.25) is 0 Å². The van der Waals surface area contributed by atoms with Crippen molar-refractivity contribution in [2.75, 3.05) is 0 Å². The van der Waals surface area contributed by atoms with Gasteiger partial charge in [-0.15, -0.1) is 0 Å². The van der Waals surface area contributed by atoms with E-state index in [1.165, 1.54) is 10.9 Å². The first kappa shape index (κ1) is 10.7. The van der Waals surface area contributed by atoms with E-state index in [0.29, 0.717) is 0 Å². The summed E-state index contributed by atoms with van der Waals surface area (Å²) < 4.78 is 1.10. The number of nitrogens with two attached hydrogens (primary N) is 1. The Bertz CT molecular complexity index is 462. The van der Waals surface area contributed by atoms with Gasteiger partial charge in [0.2, 0.25) is 0 Å². The van der Waals surface area contributed by atoms with Gasteiger partial charge in [0.15, 0.2) is 0 Å². The molecule has 0 aliphatic rings.